The Morgan fingerprint density at radius 3 is 2.53 bits per heavy atom. The van der Waals surface area contributed by atoms with E-state index in [1.807, 2.05) is 0 Å². The molecule has 0 heterocycles. The van der Waals surface area contributed by atoms with Crippen molar-refractivity contribution < 1.29 is 13.2 Å². The molecule has 0 atom stereocenters. The van der Waals surface area contributed by atoms with Crippen molar-refractivity contribution in [2.45, 2.75) is 4.90 Å². The predicted octanol–water partition coefficient (Wildman–Crippen LogP) is 1.28. The maximum absolute atomic E-state index is 11.7. The summed E-state index contributed by atoms with van der Waals surface area (Å²) in [6.45, 7) is 3.73. The maximum Gasteiger partial charge on any atom is 0.244 e. The Hall–Kier alpha value is -1.88. The van der Waals surface area contributed by atoms with Crippen LogP contribution in [0, 0.1) is 0 Å². The number of hydrogen-bond donors (Lipinski definition) is 1. The molecule has 0 bridgehead atoms. The Morgan fingerprint density at radius 1 is 1.29 bits per heavy atom. The summed E-state index contributed by atoms with van der Waals surface area (Å²) >= 11 is 0. The van der Waals surface area contributed by atoms with E-state index in [2.05, 4.69) is 11.9 Å². The van der Waals surface area contributed by atoms with Gasteiger partial charge in [-0.3, -0.25) is 4.79 Å². The number of sulfone groups is 1. The third kappa shape index (κ3) is 4.24. The fraction of sp³-hybridized carbons (Fsp3) is 0.0833. The fourth-order valence-corrected chi connectivity index (χ4v) is 2.07. The van der Waals surface area contributed by atoms with Crippen LogP contribution in [-0.2, 0) is 14.6 Å². The van der Waals surface area contributed by atoms with Gasteiger partial charge in [-0.05, 0) is 12.1 Å². The lowest BCUT2D eigenvalue weighted by Gasteiger charge is -1.98. The third-order valence-corrected chi connectivity index (χ3v) is 3.31. The smallest absolute Gasteiger partial charge is 0.244 e. The largest absolute Gasteiger partial charge is 0.349 e. The van der Waals surface area contributed by atoms with Gasteiger partial charge in [-0.2, -0.15) is 0 Å². The SMILES string of the molecule is C=CCNC(=O)/C=C/S(=O)(=O)c1ccccc1. The maximum atomic E-state index is 11.7. The zero-order chi connectivity index (χ0) is 12.7. The van der Waals surface area contributed by atoms with Crippen LogP contribution in [0.15, 0.2) is 59.4 Å². The van der Waals surface area contributed by atoms with Crippen LogP contribution in [0.4, 0.5) is 0 Å². The van der Waals surface area contributed by atoms with E-state index in [9.17, 15) is 13.2 Å². The van der Waals surface area contributed by atoms with E-state index in [1.54, 1.807) is 18.2 Å². The van der Waals surface area contributed by atoms with Gasteiger partial charge in [0.1, 0.15) is 0 Å². The number of benzene rings is 1. The van der Waals surface area contributed by atoms with Crippen LogP contribution < -0.4 is 5.32 Å². The van der Waals surface area contributed by atoms with Crippen LogP contribution in [0.5, 0.6) is 0 Å². The highest BCUT2D eigenvalue weighted by Crippen LogP contribution is 2.10. The van der Waals surface area contributed by atoms with Gasteiger partial charge in [0.2, 0.25) is 5.91 Å². The molecular formula is C12H13NO3S. The van der Waals surface area contributed by atoms with Gasteiger partial charge in [-0.1, -0.05) is 24.3 Å². The monoisotopic (exact) mass is 251 g/mol. The van der Waals surface area contributed by atoms with Crippen molar-refractivity contribution in [1.82, 2.24) is 5.32 Å². The Bertz CT molecular complexity index is 518. The molecule has 1 rings (SSSR count). The fourth-order valence-electron chi connectivity index (χ4n) is 1.07. The average Bonchev–Trinajstić information content (AvgIpc) is 2.35. The molecule has 1 N–H and O–H groups in total. The number of carbonyl (C=O) groups is 1. The van der Waals surface area contributed by atoms with Gasteiger partial charge in [0, 0.05) is 18.0 Å². The summed E-state index contributed by atoms with van der Waals surface area (Å²) in [6.07, 6.45) is 2.50. The number of rotatable bonds is 5. The lowest BCUT2D eigenvalue weighted by molar-refractivity contribution is -0.116. The molecule has 90 valence electrons. The molecule has 0 radical (unpaired) electrons. The lowest BCUT2D eigenvalue weighted by atomic mass is 10.4. The first-order chi connectivity index (χ1) is 8.06. The molecule has 0 aliphatic rings. The molecule has 1 aromatic rings. The second-order valence-electron chi connectivity index (χ2n) is 3.19. The van der Waals surface area contributed by atoms with Crippen LogP contribution in [0.2, 0.25) is 0 Å². The van der Waals surface area contributed by atoms with Gasteiger partial charge in [-0.25, -0.2) is 8.42 Å². The van der Waals surface area contributed by atoms with E-state index in [-0.39, 0.29) is 4.90 Å². The molecular weight excluding hydrogens is 238 g/mol. The van der Waals surface area contributed by atoms with Crippen molar-refractivity contribution in [3.63, 3.8) is 0 Å². The standard InChI is InChI=1S/C12H13NO3S/c1-2-9-13-12(14)8-10-17(15,16)11-6-4-3-5-7-11/h2-8,10H,1,9H2,(H,13,14)/b10-8+. The molecule has 0 saturated heterocycles. The molecule has 0 aliphatic heterocycles. The van der Waals surface area contributed by atoms with Crippen molar-refractivity contribution in [1.29, 1.82) is 0 Å². The summed E-state index contributed by atoms with van der Waals surface area (Å²) in [7, 11) is -3.55. The van der Waals surface area contributed by atoms with E-state index >= 15 is 0 Å². The van der Waals surface area contributed by atoms with Crippen LogP contribution in [-0.4, -0.2) is 20.9 Å². The predicted molar refractivity (Wildman–Crippen MR) is 66.0 cm³/mol. The molecule has 1 amide bonds. The topological polar surface area (TPSA) is 63.2 Å². The minimum Gasteiger partial charge on any atom is -0.349 e. The third-order valence-electron chi connectivity index (χ3n) is 1.89. The molecule has 5 heteroatoms. The van der Waals surface area contributed by atoms with Gasteiger partial charge in [-0.15, -0.1) is 6.58 Å². The molecule has 4 nitrogen and oxygen atoms in total. The van der Waals surface area contributed by atoms with Crippen LogP contribution >= 0.6 is 0 Å². The van der Waals surface area contributed by atoms with E-state index < -0.39 is 15.7 Å². The van der Waals surface area contributed by atoms with Gasteiger partial charge < -0.3 is 5.32 Å². The molecule has 17 heavy (non-hydrogen) atoms. The van der Waals surface area contributed by atoms with E-state index in [4.69, 9.17) is 0 Å². The lowest BCUT2D eigenvalue weighted by Crippen LogP contribution is -2.20. The van der Waals surface area contributed by atoms with Crippen LogP contribution in [0.3, 0.4) is 0 Å². The van der Waals surface area contributed by atoms with Crippen molar-refractivity contribution >= 4 is 15.7 Å². The highest BCUT2D eigenvalue weighted by Gasteiger charge is 2.09. The van der Waals surface area contributed by atoms with Crippen molar-refractivity contribution in [3.05, 3.63) is 54.5 Å². The van der Waals surface area contributed by atoms with E-state index in [0.717, 1.165) is 11.5 Å². The Morgan fingerprint density at radius 2 is 1.94 bits per heavy atom. The Balaban J connectivity index is 2.77. The van der Waals surface area contributed by atoms with Gasteiger partial charge in [0.15, 0.2) is 9.84 Å². The molecule has 0 saturated carbocycles. The zero-order valence-corrected chi connectivity index (χ0v) is 9.98. The van der Waals surface area contributed by atoms with E-state index in [0.29, 0.717) is 6.54 Å². The number of carbonyl (C=O) groups excluding carboxylic acids is 1. The van der Waals surface area contributed by atoms with Crippen molar-refractivity contribution in [2.75, 3.05) is 6.54 Å². The first-order valence-corrected chi connectivity index (χ1v) is 6.48. The van der Waals surface area contributed by atoms with Crippen molar-refractivity contribution in [3.8, 4) is 0 Å². The average molecular weight is 251 g/mol. The summed E-state index contributed by atoms with van der Waals surface area (Å²) in [4.78, 5) is 11.3. The van der Waals surface area contributed by atoms with Gasteiger partial charge in [0.05, 0.1) is 4.90 Å². The molecule has 0 aliphatic carbocycles. The second-order valence-corrected chi connectivity index (χ2v) is 5.03. The number of hydrogen-bond acceptors (Lipinski definition) is 3. The molecule has 0 aromatic heterocycles. The Labute approximate surface area is 101 Å². The van der Waals surface area contributed by atoms with Crippen molar-refractivity contribution in [2.24, 2.45) is 0 Å². The van der Waals surface area contributed by atoms with Gasteiger partial charge in [0.25, 0.3) is 0 Å². The quantitative estimate of drug-likeness (QED) is 0.633. The van der Waals surface area contributed by atoms with Gasteiger partial charge >= 0.3 is 0 Å². The van der Waals surface area contributed by atoms with E-state index in [1.165, 1.54) is 18.2 Å². The Kier molecular flexibility index (Phi) is 4.66. The summed E-state index contributed by atoms with van der Waals surface area (Å²) < 4.78 is 23.4. The highest BCUT2D eigenvalue weighted by atomic mass is 32.2. The second kappa shape index (κ2) is 6.00. The van der Waals surface area contributed by atoms with Crippen LogP contribution in [0.1, 0.15) is 0 Å². The first kappa shape index (κ1) is 13.2. The minimum absolute atomic E-state index is 0.160. The zero-order valence-electron chi connectivity index (χ0n) is 9.17. The molecule has 1 aromatic carbocycles. The minimum atomic E-state index is -3.55. The molecule has 0 spiro atoms. The summed E-state index contributed by atoms with van der Waals surface area (Å²) in [5.41, 5.74) is 0. The summed E-state index contributed by atoms with van der Waals surface area (Å²) in [6, 6.07) is 7.92. The molecule has 0 unspecified atom stereocenters. The summed E-state index contributed by atoms with van der Waals surface area (Å²) in [5, 5.41) is 3.34. The number of nitrogens with one attached hydrogen (secondary N) is 1. The first-order valence-electron chi connectivity index (χ1n) is 4.93. The number of amides is 1. The summed E-state index contributed by atoms with van der Waals surface area (Å²) in [5.74, 6) is -0.468. The normalized spacial score (nSPS) is 11.3. The van der Waals surface area contributed by atoms with Crippen LogP contribution in [0.25, 0.3) is 0 Å². The highest BCUT2D eigenvalue weighted by molar-refractivity contribution is 7.94. The molecule has 0 fully saturated rings.